The monoisotopic (exact) mass is 508 g/mol. The summed E-state index contributed by atoms with van der Waals surface area (Å²) in [7, 11) is 0. The van der Waals surface area contributed by atoms with E-state index in [4.69, 9.17) is 9.47 Å². The maximum Gasteiger partial charge on any atom is 0.410 e. The van der Waals surface area contributed by atoms with Crippen molar-refractivity contribution in [1.29, 1.82) is 0 Å². The van der Waals surface area contributed by atoms with E-state index < -0.39 is 11.7 Å². The number of nitrogens with zero attached hydrogens (tertiary/aromatic N) is 3. The molecule has 2 aromatic heterocycles. The molecule has 10 nitrogen and oxygen atoms in total. The minimum absolute atomic E-state index is 0.124. The predicted molar refractivity (Wildman–Crippen MR) is 141 cm³/mol. The number of carbonyl (C=O) groups excluding carboxylic acids is 2. The second kappa shape index (κ2) is 11.9. The van der Waals surface area contributed by atoms with Gasteiger partial charge < -0.3 is 30.0 Å². The van der Waals surface area contributed by atoms with Gasteiger partial charge in [0.25, 0.3) is 0 Å². The number of rotatable bonds is 8. The molecule has 0 radical (unpaired) electrons. The van der Waals surface area contributed by atoms with E-state index in [0.717, 1.165) is 53.7 Å². The fourth-order valence-electron chi connectivity index (χ4n) is 4.38. The first-order chi connectivity index (χ1) is 17.8. The van der Waals surface area contributed by atoms with E-state index in [2.05, 4.69) is 25.6 Å². The number of aromatic amines is 1. The number of piperidine rings is 1. The lowest BCUT2D eigenvalue weighted by Crippen LogP contribution is -2.44. The first-order valence-corrected chi connectivity index (χ1v) is 12.8. The summed E-state index contributed by atoms with van der Waals surface area (Å²) in [5, 5.41) is 7.08. The molecular weight excluding hydrogens is 472 g/mol. The maximum absolute atomic E-state index is 12.9. The molecule has 0 bridgehead atoms. The van der Waals surface area contributed by atoms with E-state index in [0.29, 0.717) is 19.6 Å². The molecule has 1 saturated heterocycles. The fraction of sp³-hybridized carbons (Fsp3) is 0.481. The van der Waals surface area contributed by atoms with Gasteiger partial charge in [-0.1, -0.05) is 24.3 Å². The van der Waals surface area contributed by atoms with Crippen molar-refractivity contribution < 1.29 is 19.1 Å². The first kappa shape index (κ1) is 26.2. The first-order valence-electron chi connectivity index (χ1n) is 12.8. The third-order valence-electron chi connectivity index (χ3n) is 6.21. The van der Waals surface area contributed by atoms with Crippen molar-refractivity contribution in [3.63, 3.8) is 0 Å². The van der Waals surface area contributed by atoms with E-state index >= 15 is 0 Å². The molecular formula is C27H36N6O4. The summed E-state index contributed by atoms with van der Waals surface area (Å²) >= 11 is 0. The smallest absolute Gasteiger partial charge is 0.410 e. The van der Waals surface area contributed by atoms with Gasteiger partial charge in [0.15, 0.2) is 0 Å². The average Bonchev–Trinajstić information content (AvgIpc) is 3.36. The lowest BCUT2D eigenvalue weighted by molar-refractivity contribution is 0.0523. The van der Waals surface area contributed by atoms with Crippen LogP contribution in [0, 0.1) is 0 Å². The Labute approximate surface area is 217 Å². The highest BCUT2D eigenvalue weighted by Crippen LogP contribution is 2.22. The number of alkyl carbamates (subject to hydrolysis) is 1. The van der Waals surface area contributed by atoms with Crippen LogP contribution in [0.3, 0.4) is 0 Å². The van der Waals surface area contributed by atoms with Crippen molar-refractivity contribution >= 4 is 29.0 Å². The largest absolute Gasteiger partial charge is 0.445 e. The minimum atomic E-state index is -0.534. The number of hydrogen-bond acceptors (Lipinski definition) is 7. The molecule has 198 valence electrons. The summed E-state index contributed by atoms with van der Waals surface area (Å²) in [5.74, 6) is 0.793. The summed E-state index contributed by atoms with van der Waals surface area (Å²) in [5.41, 5.74) is 2.09. The third-order valence-corrected chi connectivity index (χ3v) is 6.21. The maximum atomic E-state index is 12.9. The van der Waals surface area contributed by atoms with Gasteiger partial charge in [0.1, 0.15) is 30.0 Å². The zero-order valence-electron chi connectivity index (χ0n) is 21.8. The van der Waals surface area contributed by atoms with E-state index in [1.807, 2.05) is 62.2 Å². The van der Waals surface area contributed by atoms with Crippen molar-refractivity contribution in [1.82, 2.24) is 25.2 Å². The number of hydrogen-bond donors (Lipinski definition) is 3. The van der Waals surface area contributed by atoms with Gasteiger partial charge in [-0.3, -0.25) is 0 Å². The number of anilines is 1. The topological polar surface area (TPSA) is 121 Å². The Morgan fingerprint density at radius 2 is 1.89 bits per heavy atom. The number of nitrogens with one attached hydrogen (secondary N) is 3. The zero-order valence-corrected chi connectivity index (χ0v) is 21.8. The van der Waals surface area contributed by atoms with Crippen LogP contribution in [0.4, 0.5) is 15.4 Å². The molecule has 1 fully saturated rings. The standard InChI is InChI=1S/C27H36N6O4/c1-27(2,3)37-25(34)30-16-19-7-9-20(10-8-19)17-36-26(35)33-15-5-4-6-21(33)11-13-28-23-22-12-14-29-24(22)32-18-31-23/h7-10,12,14,18,21H,4-6,11,13,15-17H2,1-3H3,(H,30,34)(H2,28,29,31,32). The van der Waals surface area contributed by atoms with Crippen molar-refractivity contribution in [3.8, 4) is 0 Å². The van der Waals surface area contributed by atoms with Gasteiger partial charge in [-0.25, -0.2) is 19.6 Å². The molecule has 0 saturated carbocycles. The third kappa shape index (κ3) is 7.58. The van der Waals surface area contributed by atoms with Crippen LogP contribution in [0.15, 0.2) is 42.9 Å². The Morgan fingerprint density at radius 1 is 1.11 bits per heavy atom. The molecule has 1 unspecified atom stereocenters. The van der Waals surface area contributed by atoms with Gasteiger partial charge in [-0.05, 0) is 63.6 Å². The molecule has 1 atom stereocenters. The lowest BCUT2D eigenvalue weighted by Gasteiger charge is -2.35. The number of ether oxygens (including phenoxy) is 2. The van der Waals surface area contributed by atoms with Crippen molar-refractivity contribution in [2.75, 3.05) is 18.4 Å². The normalized spacial score (nSPS) is 15.9. The van der Waals surface area contributed by atoms with Crippen molar-refractivity contribution in [2.24, 2.45) is 0 Å². The van der Waals surface area contributed by atoms with Gasteiger partial charge in [0, 0.05) is 31.9 Å². The molecule has 1 aliphatic heterocycles. The minimum Gasteiger partial charge on any atom is -0.445 e. The van der Waals surface area contributed by atoms with E-state index in [9.17, 15) is 9.59 Å². The van der Waals surface area contributed by atoms with Crippen LogP contribution in [0.2, 0.25) is 0 Å². The molecule has 1 aromatic carbocycles. The summed E-state index contributed by atoms with van der Waals surface area (Å²) in [6, 6.07) is 9.70. The highest BCUT2D eigenvalue weighted by atomic mass is 16.6. The van der Waals surface area contributed by atoms with Crippen molar-refractivity contribution in [2.45, 2.75) is 71.2 Å². The van der Waals surface area contributed by atoms with E-state index in [1.54, 1.807) is 0 Å². The molecule has 0 spiro atoms. The number of carbonyl (C=O) groups is 2. The molecule has 3 aromatic rings. The van der Waals surface area contributed by atoms with Gasteiger partial charge in [-0.15, -0.1) is 0 Å². The number of H-pyrrole nitrogens is 1. The second-order valence-corrected chi connectivity index (χ2v) is 10.2. The second-order valence-electron chi connectivity index (χ2n) is 10.2. The van der Waals surface area contributed by atoms with Crippen LogP contribution in [-0.4, -0.2) is 56.8 Å². The zero-order chi connectivity index (χ0) is 26.3. The number of benzene rings is 1. The fourth-order valence-corrected chi connectivity index (χ4v) is 4.38. The summed E-state index contributed by atoms with van der Waals surface area (Å²) in [6.45, 7) is 7.44. The molecule has 1 aliphatic rings. The van der Waals surface area contributed by atoms with Crippen LogP contribution in [0.5, 0.6) is 0 Å². The lowest BCUT2D eigenvalue weighted by atomic mass is 10.00. The Morgan fingerprint density at radius 3 is 2.68 bits per heavy atom. The molecule has 4 rings (SSSR count). The molecule has 3 heterocycles. The van der Waals surface area contributed by atoms with Gasteiger partial charge in [0.05, 0.1) is 5.39 Å². The molecule has 37 heavy (non-hydrogen) atoms. The Hall–Kier alpha value is -3.82. The molecule has 2 amide bonds. The molecule has 0 aliphatic carbocycles. The Balaban J connectivity index is 1.23. The Kier molecular flexibility index (Phi) is 8.47. The van der Waals surface area contributed by atoms with Gasteiger partial charge >= 0.3 is 12.2 Å². The Bertz CT molecular complexity index is 1190. The predicted octanol–water partition coefficient (Wildman–Crippen LogP) is 4.98. The average molecular weight is 509 g/mol. The van der Waals surface area contributed by atoms with Crippen LogP contribution >= 0.6 is 0 Å². The quantitative estimate of drug-likeness (QED) is 0.392. The highest BCUT2D eigenvalue weighted by Gasteiger charge is 2.27. The summed E-state index contributed by atoms with van der Waals surface area (Å²) in [6.07, 6.45) is 6.50. The van der Waals surface area contributed by atoms with Gasteiger partial charge in [-0.2, -0.15) is 0 Å². The van der Waals surface area contributed by atoms with Crippen LogP contribution < -0.4 is 10.6 Å². The molecule has 3 N–H and O–H groups in total. The summed E-state index contributed by atoms with van der Waals surface area (Å²) < 4.78 is 10.9. The number of fused-ring (bicyclic) bond motifs is 1. The SMILES string of the molecule is CC(C)(C)OC(=O)NCc1ccc(COC(=O)N2CCCCC2CCNc2ncnc3[nH]ccc23)cc1. The van der Waals surface area contributed by atoms with Crippen LogP contribution in [0.1, 0.15) is 57.6 Å². The van der Waals surface area contributed by atoms with Crippen LogP contribution in [-0.2, 0) is 22.6 Å². The number of likely N-dealkylation sites (tertiary alicyclic amines) is 1. The van der Waals surface area contributed by atoms with Gasteiger partial charge in [0.2, 0.25) is 0 Å². The van der Waals surface area contributed by atoms with Crippen molar-refractivity contribution in [3.05, 3.63) is 54.0 Å². The van der Waals surface area contributed by atoms with E-state index in [-0.39, 0.29) is 18.7 Å². The number of aromatic nitrogens is 3. The number of amides is 2. The van der Waals surface area contributed by atoms with Crippen LogP contribution in [0.25, 0.3) is 11.0 Å². The highest BCUT2D eigenvalue weighted by molar-refractivity contribution is 5.86. The summed E-state index contributed by atoms with van der Waals surface area (Å²) in [4.78, 5) is 38.2. The van der Waals surface area contributed by atoms with E-state index in [1.165, 1.54) is 6.33 Å². The molecule has 10 heteroatoms.